The lowest BCUT2D eigenvalue weighted by Gasteiger charge is -2.07. The van der Waals surface area contributed by atoms with Gasteiger partial charge in [0.2, 0.25) is 10.0 Å². The first-order valence-corrected chi connectivity index (χ1v) is 8.69. The maximum Gasteiger partial charge on any atom is 0.240 e. The van der Waals surface area contributed by atoms with Crippen molar-refractivity contribution in [2.75, 3.05) is 6.54 Å². The maximum atomic E-state index is 12.1. The van der Waals surface area contributed by atoms with E-state index >= 15 is 0 Å². The van der Waals surface area contributed by atoms with Gasteiger partial charge in [-0.1, -0.05) is 46.9 Å². The summed E-state index contributed by atoms with van der Waals surface area (Å²) in [6.07, 6.45) is 0.511. The predicted molar refractivity (Wildman–Crippen MR) is 86.8 cm³/mol. The molecule has 0 aromatic heterocycles. The molecule has 0 unspecified atom stereocenters. The van der Waals surface area contributed by atoms with Crippen LogP contribution in [-0.4, -0.2) is 15.0 Å². The summed E-state index contributed by atoms with van der Waals surface area (Å²) in [5, 5.41) is 1.30. The molecule has 0 aliphatic heterocycles. The van der Waals surface area contributed by atoms with Gasteiger partial charge in [0.15, 0.2) is 0 Å². The van der Waals surface area contributed by atoms with E-state index in [9.17, 15) is 8.42 Å². The summed E-state index contributed by atoms with van der Waals surface area (Å²) in [6.45, 7) is 0.257. The Morgan fingerprint density at radius 3 is 2.38 bits per heavy atom. The normalized spacial score (nSPS) is 11.6. The zero-order valence-electron chi connectivity index (χ0n) is 10.8. The summed E-state index contributed by atoms with van der Waals surface area (Å²) in [6, 6.07) is 11.3. The highest BCUT2D eigenvalue weighted by Gasteiger charge is 2.13. The van der Waals surface area contributed by atoms with E-state index in [-0.39, 0.29) is 11.4 Å². The lowest BCUT2D eigenvalue weighted by Crippen LogP contribution is -2.26. The first-order valence-electron chi connectivity index (χ1n) is 6.08. The smallest absolute Gasteiger partial charge is 0.211 e. The zero-order chi connectivity index (χ0) is 15.5. The van der Waals surface area contributed by atoms with Crippen LogP contribution < -0.4 is 4.72 Å². The molecule has 3 nitrogen and oxygen atoms in total. The number of halogens is 3. The van der Waals surface area contributed by atoms with Gasteiger partial charge in [-0.3, -0.25) is 0 Å². The van der Waals surface area contributed by atoms with Gasteiger partial charge in [-0.2, -0.15) is 0 Å². The number of hydrogen-bond acceptors (Lipinski definition) is 2. The van der Waals surface area contributed by atoms with E-state index in [1.54, 1.807) is 24.3 Å². The van der Waals surface area contributed by atoms with Gasteiger partial charge in [0.1, 0.15) is 0 Å². The summed E-state index contributed by atoms with van der Waals surface area (Å²) in [7, 11) is -3.56. The Kier molecular flexibility index (Phi) is 5.52. The van der Waals surface area contributed by atoms with E-state index < -0.39 is 10.0 Å². The molecule has 1 N–H and O–H groups in total. The van der Waals surface area contributed by atoms with Crippen molar-refractivity contribution in [3.8, 4) is 0 Å². The molecular weight excluding hydrogens is 353 g/mol. The molecule has 0 fully saturated rings. The molecule has 0 radical (unpaired) electrons. The van der Waals surface area contributed by atoms with Gasteiger partial charge in [0, 0.05) is 11.6 Å². The first-order chi connectivity index (χ1) is 9.88. The van der Waals surface area contributed by atoms with Gasteiger partial charge in [-0.05, 0) is 42.3 Å². The predicted octanol–water partition coefficient (Wildman–Crippen LogP) is 4.17. The van der Waals surface area contributed by atoms with Crippen LogP contribution >= 0.6 is 34.8 Å². The molecule has 0 atom stereocenters. The molecule has 7 heteroatoms. The highest BCUT2D eigenvalue weighted by Crippen LogP contribution is 2.22. The second kappa shape index (κ2) is 6.99. The van der Waals surface area contributed by atoms with Gasteiger partial charge >= 0.3 is 0 Å². The third-order valence-electron chi connectivity index (χ3n) is 2.80. The molecule has 0 aliphatic carbocycles. The Hall–Kier alpha value is -0.780. The van der Waals surface area contributed by atoms with Crippen LogP contribution in [0.4, 0.5) is 0 Å². The highest BCUT2D eigenvalue weighted by molar-refractivity contribution is 7.89. The van der Waals surface area contributed by atoms with Crippen LogP contribution in [0.2, 0.25) is 15.1 Å². The Bertz CT molecular complexity index is 748. The van der Waals surface area contributed by atoms with Crippen molar-refractivity contribution in [2.45, 2.75) is 11.3 Å². The lowest BCUT2D eigenvalue weighted by atomic mass is 10.1. The minimum atomic E-state index is -3.56. The molecule has 0 saturated carbocycles. The average Bonchev–Trinajstić information content (AvgIpc) is 2.43. The average molecular weight is 365 g/mol. The third kappa shape index (κ3) is 4.59. The quantitative estimate of drug-likeness (QED) is 0.865. The summed E-state index contributed by atoms with van der Waals surface area (Å²) >= 11 is 17.5. The molecule has 21 heavy (non-hydrogen) atoms. The Morgan fingerprint density at radius 2 is 1.71 bits per heavy atom. The summed E-state index contributed by atoms with van der Waals surface area (Å²) < 4.78 is 26.7. The molecular formula is C14H12Cl3NO2S. The number of rotatable bonds is 5. The molecule has 2 aromatic carbocycles. The molecule has 0 bridgehead atoms. The van der Waals surface area contributed by atoms with Gasteiger partial charge in [0.25, 0.3) is 0 Å². The topological polar surface area (TPSA) is 46.2 Å². The molecule has 0 heterocycles. The molecule has 112 valence electrons. The molecule has 2 rings (SSSR count). The molecule has 0 aliphatic rings. The second-order valence-electron chi connectivity index (χ2n) is 4.35. The number of nitrogens with one attached hydrogen (secondary N) is 1. The fourth-order valence-electron chi connectivity index (χ4n) is 1.74. The zero-order valence-corrected chi connectivity index (χ0v) is 13.9. The van der Waals surface area contributed by atoms with Crippen molar-refractivity contribution in [3.05, 3.63) is 63.1 Å². The minimum absolute atomic E-state index is 0.143. The molecule has 0 saturated heterocycles. The first kappa shape index (κ1) is 16.6. The standard InChI is InChI=1S/C14H12Cl3NO2S/c15-11-2-1-3-12(9-11)21(19,20)18-7-6-10-4-5-13(16)14(17)8-10/h1-5,8-9,18H,6-7H2. The Labute approximate surface area is 138 Å². The number of benzene rings is 2. The van der Waals surface area contributed by atoms with Crippen LogP contribution in [-0.2, 0) is 16.4 Å². The van der Waals surface area contributed by atoms with Crippen molar-refractivity contribution in [1.29, 1.82) is 0 Å². The van der Waals surface area contributed by atoms with Crippen LogP contribution in [0.1, 0.15) is 5.56 Å². The molecule has 0 spiro atoms. The van der Waals surface area contributed by atoms with Crippen LogP contribution in [0, 0.1) is 0 Å². The third-order valence-corrected chi connectivity index (χ3v) is 5.23. The van der Waals surface area contributed by atoms with Gasteiger partial charge in [0.05, 0.1) is 14.9 Å². The fraction of sp³-hybridized carbons (Fsp3) is 0.143. The van der Waals surface area contributed by atoms with Crippen molar-refractivity contribution in [2.24, 2.45) is 0 Å². The summed E-state index contributed by atoms with van der Waals surface area (Å²) in [5.74, 6) is 0. The number of sulfonamides is 1. The molecule has 2 aromatic rings. The fourth-order valence-corrected chi connectivity index (χ4v) is 3.40. The van der Waals surface area contributed by atoms with Crippen molar-refractivity contribution >= 4 is 44.8 Å². The summed E-state index contributed by atoms with van der Waals surface area (Å²) in [5.41, 5.74) is 0.901. The maximum absolute atomic E-state index is 12.1. The SMILES string of the molecule is O=S(=O)(NCCc1ccc(Cl)c(Cl)c1)c1cccc(Cl)c1. The van der Waals surface area contributed by atoms with Crippen LogP contribution in [0.5, 0.6) is 0 Å². The Morgan fingerprint density at radius 1 is 0.952 bits per heavy atom. The van der Waals surface area contributed by atoms with Gasteiger partial charge < -0.3 is 0 Å². The van der Waals surface area contributed by atoms with E-state index in [1.165, 1.54) is 12.1 Å². The minimum Gasteiger partial charge on any atom is -0.211 e. The van der Waals surface area contributed by atoms with E-state index in [2.05, 4.69) is 4.72 Å². The second-order valence-corrected chi connectivity index (χ2v) is 7.37. The van der Waals surface area contributed by atoms with E-state index in [4.69, 9.17) is 34.8 Å². The van der Waals surface area contributed by atoms with Gasteiger partial charge in [-0.25, -0.2) is 13.1 Å². The van der Waals surface area contributed by atoms with E-state index in [0.717, 1.165) is 5.56 Å². The lowest BCUT2D eigenvalue weighted by molar-refractivity contribution is 0.581. The van der Waals surface area contributed by atoms with Crippen LogP contribution in [0.3, 0.4) is 0 Å². The van der Waals surface area contributed by atoms with E-state index in [1.807, 2.05) is 6.07 Å². The van der Waals surface area contributed by atoms with Crippen LogP contribution in [0.25, 0.3) is 0 Å². The van der Waals surface area contributed by atoms with E-state index in [0.29, 0.717) is 21.5 Å². The summed E-state index contributed by atoms with van der Waals surface area (Å²) in [4.78, 5) is 0.143. The van der Waals surface area contributed by atoms with Crippen molar-refractivity contribution in [1.82, 2.24) is 4.72 Å². The highest BCUT2D eigenvalue weighted by atomic mass is 35.5. The van der Waals surface area contributed by atoms with Crippen molar-refractivity contribution in [3.63, 3.8) is 0 Å². The van der Waals surface area contributed by atoms with Crippen LogP contribution in [0.15, 0.2) is 47.4 Å². The van der Waals surface area contributed by atoms with Crippen molar-refractivity contribution < 1.29 is 8.42 Å². The van der Waals surface area contributed by atoms with Gasteiger partial charge in [-0.15, -0.1) is 0 Å². The molecule has 0 amide bonds. The monoisotopic (exact) mass is 363 g/mol. The number of hydrogen-bond donors (Lipinski definition) is 1. The Balaban J connectivity index is 2.00. The largest absolute Gasteiger partial charge is 0.240 e.